The molecule has 0 aliphatic rings. The summed E-state index contributed by atoms with van der Waals surface area (Å²) < 4.78 is 52.6. The van der Waals surface area contributed by atoms with Crippen molar-refractivity contribution >= 4 is 16.0 Å². The second-order valence-electron chi connectivity index (χ2n) is 3.94. The Kier molecular flexibility index (Phi) is 5.34. The number of carboxylic acid groups (broad SMARTS) is 1. The average molecular weight is 318 g/mol. The minimum absolute atomic E-state index is 0.0385. The van der Waals surface area contributed by atoms with Crippen LogP contribution in [-0.2, 0) is 10.0 Å². The summed E-state index contributed by atoms with van der Waals surface area (Å²) in [5.74, 6) is -4.92. The van der Waals surface area contributed by atoms with Crippen molar-refractivity contribution in [2.75, 3.05) is 13.1 Å². The first kappa shape index (κ1) is 17.0. The van der Waals surface area contributed by atoms with Gasteiger partial charge >= 0.3 is 5.97 Å². The van der Waals surface area contributed by atoms with Crippen LogP contribution < -0.4 is 0 Å². The fourth-order valence-corrected chi connectivity index (χ4v) is 3.21. The van der Waals surface area contributed by atoms with E-state index in [1.807, 2.05) is 0 Å². The van der Waals surface area contributed by atoms with Gasteiger partial charge in [-0.2, -0.15) is 9.57 Å². The highest BCUT2D eigenvalue weighted by atomic mass is 32.2. The van der Waals surface area contributed by atoms with Crippen LogP contribution in [0.2, 0.25) is 0 Å². The lowest BCUT2D eigenvalue weighted by atomic mass is 10.2. The van der Waals surface area contributed by atoms with Crippen molar-refractivity contribution in [3.05, 3.63) is 29.3 Å². The molecule has 0 saturated carbocycles. The fourth-order valence-electron chi connectivity index (χ4n) is 1.69. The summed E-state index contributed by atoms with van der Waals surface area (Å²) >= 11 is 0. The molecular formula is C12H12F2N2O4S. The number of benzene rings is 1. The molecule has 6 nitrogen and oxygen atoms in total. The van der Waals surface area contributed by atoms with Gasteiger partial charge in [0.25, 0.3) is 0 Å². The van der Waals surface area contributed by atoms with Crippen molar-refractivity contribution in [1.82, 2.24) is 4.31 Å². The minimum Gasteiger partial charge on any atom is -0.477 e. The highest BCUT2D eigenvalue weighted by molar-refractivity contribution is 7.89. The van der Waals surface area contributed by atoms with Gasteiger partial charge in [-0.3, -0.25) is 0 Å². The second-order valence-corrected chi connectivity index (χ2v) is 5.85. The van der Waals surface area contributed by atoms with Gasteiger partial charge in [-0.1, -0.05) is 6.92 Å². The molecule has 21 heavy (non-hydrogen) atoms. The van der Waals surface area contributed by atoms with E-state index in [1.165, 1.54) is 6.92 Å². The number of halogens is 2. The Morgan fingerprint density at radius 3 is 2.52 bits per heavy atom. The van der Waals surface area contributed by atoms with Crippen LogP contribution in [0.4, 0.5) is 8.78 Å². The maximum Gasteiger partial charge on any atom is 0.341 e. The van der Waals surface area contributed by atoms with Gasteiger partial charge in [-0.05, 0) is 12.1 Å². The van der Waals surface area contributed by atoms with E-state index in [4.69, 9.17) is 10.4 Å². The predicted molar refractivity (Wildman–Crippen MR) is 68.0 cm³/mol. The van der Waals surface area contributed by atoms with Crippen LogP contribution in [0.25, 0.3) is 0 Å². The molecule has 1 aromatic rings. The van der Waals surface area contributed by atoms with Crippen molar-refractivity contribution < 1.29 is 27.1 Å². The molecule has 0 atom stereocenters. The van der Waals surface area contributed by atoms with Gasteiger partial charge in [0.05, 0.1) is 6.07 Å². The van der Waals surface area contributed by atoms with Gasteiger partial charge in [0, 0.05) is 19.5 Å². The van der Waals surface area contributed by atoms with Crippen LogP contribution in [0.15, 0.2) is 17.0 Å². The molecule has 1 rings (SSSR count). The van der Waals surface area contributed by atoms with E-state index in [0.29, 0.717) is 12.1 Å². The first-order valence-corrected chi connectivity index (χ1v) is 7.29. The maximum absolute atomic E-state index is 14.0. The summed E-state index contributed by atoms with van der Waals surface area (Å²) in [7, 11) is -4.35. The summed E-state index contributed by atoms with van der Waals surface area (Å²) in [6, 6.07) is 3.00. The molecule has 0 bridgehead atoms. The van der Waals surface area contributed by atoms with E-state index in [2.05, 4.69) is 0 Å². The van der Waals surface area contributed by atoms with Crippen LogP contribution in [-0.4, -0.2) is 36.9 Å². The van der Waals surface area contributed by atoms with Crippen LogP contribution >= 0.6 is 0 Å². The monoisotopic (exact) mass is 318 g/mol. The lowest BCUT2D eigenvalue weighted by Gasteiger charge is -2.20. The number of hydrogen-bond acceptors (Lipinski definition) is 4. The number of hydrogen-bond donors (Lipinski definition) is 1. The van der Waals surface area contributed by atoms with Gasteiger partial charge in [0.2, 0.25) is 10.0 Å². The zero-order valence-electron chi connectivity index (χ0n) is 11.0. The van der Waals surface area contributed by atoms with Gasteiger partial charge < -0.3 is 5.11 Å². The van der Waals surface area contributed by atoms with Crippen LogP contribution in [0.5, 0.6) is 0 Å². The molecule has 0 fully saturated rings. The number of aromatic carboxylic acids is 1. The fraction of sp³-hybridized carbons (Fsp3) is 0.333. The third-order valence-corrected chi connectivity index (χ3v) is 4.70. The summed E-state index contributed by atoms with van der Waals surface area (Å²) in [6.45, 7) is 1.27. The molecule has 0 saturated heterocycles. The molecule has 0 radical (unpaired) electrons. The number of sulfonamides is 1. The van der Waals surface area contributed by atoms with Crippen LogP contribution in [0, 0.1) is 23.0 Å². The number of carbonyl (C=O) groups is 1. The van der Waals surface area contributed by atoms with Crippen molar-refractivity contribution in [1.29, 1.82) is 5.26 Å². The molecule has 0 aliphatic carbocycles. The Morgan fingerprint density at radius 1 is 1.43 bits per heavy atom. The zero-order chi connectivity index (χ0) is 16.2. The van der Waals surface area contributed by atoms with Gasteiger partial charge in [0.1, 0.15) is 16.3 Å². The maximum atomic E-state index is 14.0. The molecule has 0 unspecified atom stereocenters. The van der Waals surface area contributed by atoms with Crippen LogP contribution in [0.3, 0.4) is 0 Å². The van der Waals surface area contributed by atoms with E-state index in [-0.39, 0.29) is 19.5 Å². The molecular weight excluding hydrogens is 306 g/mol. The molecule has 0 aliphatic heterocycles. The Morgan fingerprint density at radius 2 is 2.05 bits per heavy atom. The van der Waals surface area contributed by atoms with Gasteiger partial charge in [-0.25, -0.2) is 22.0 Å². The molecule has 0 heterocycles. The largest absolute Gasteiger partial charge is 0.477 e. The smallest absolute Gasteiger partial charge is 0.341 e. The minimum atomic E-state index is -4.35. The summed E-state index contributed by atoms with van der Waals surface area (Å²) in [4.78, 5) is 9.87. The molecule has 114 valence electrons. The van der Waals surface area contributed by atoms with E-state index in [1.54, 1.807) is 6.07 Å². The summed E-state index contributed by atoms with van der Waals surface area (Å²) in [5, 5.41) is 17.2. The third kappa shape index (κ3) is 3.34. The molecule has 0 aromatic heterocycles. The van der Waals surface area contributed by atoms with E-state index < -0.39 is 38.1 Å². The summed E-state index contributed by atoms with van der Waals surface area (Å²) in [5.41, 5.74) is -1.33. The SMILES string of the molecule is CCN(CCC#N)S(=O)(=O)c1ccc(F)c(C(=O)O)c1F. The molecule has 1 aromatic carbocycles. The summed E-state index contributed by atoms with van der Waals surface area (Å²) in [6.07, 6.45) is -0.109. The lowest BCUT2D eigenvalue weighted by molar-refractivity contribution is 0.0685. The number of carboxylic acids is 1. The van der Waals surface area contributed by atoms with Gasteiger partial charge in [-0.15, -0.1) is 0 Å². The zero-order valence-corrected chi connectivity index (χ0v) is 11.8. The second kappa shape index (κ2) is 6.60. The normalized spacial score (nSPS) is 11.4. The molecule has 1 N–H and O–H groups in total. The quantitative estimate of drug-likeness (QED) is 0.858. The lowest BCUT2D eigenvalue weighted by Crippen LogP contribution is -2.32. The average Bonchev–Trinajstić information content (AvgIpc) is 2.38. The Hall–Kier alpha value is -2.05. The highest BCUT2D eigenvalue weighted by Gasteiger charge is 2.30. The van der Waals surface area contributed by atoms with Crippen LogP contribution in [0.1, 0.15) is 23.7 Å². The number of nitrogens with zero attached hydrogens (tertiary/aromatic N) is 2. The molecule has 0 amide bonds. The topological polar surface area (TPSA) is 98.5 Å². The van der Waals surface area contributed by atoms with Crippen molar-refractivity contribution in [2.24, 2.45) is 0 Å². The third-order valence-electron chi connectivity index (χ3n) is 2.71. The number of nitriles is 1. The van der Waals surface area contributed by atoms with E-state index >= 15 is 0 Å². The Balaban J connectivity index is 3.42. The van der Waals surface area contributed by atoms with Gasteiger partial charge in [0.15, 0.2) is 5.82 Å². The Bertz CT molecular complexity index is 698. The van der Waals surface area contributed by atoms with Crippen molar-refractivity contribution in [3.63, 3.8) is 0 Å². The number of rotatable bonds is 6. The standard InChI is InChI=1S/C12H12F2N2O4S/c1-2-16(7-3-6-15)21(19,20)9-5-4-8(13)10(11(9)14)12(17)18/h4-5H,2-3,7H2,1H3,(H,17,18). The van der Waals surface area contributed by atoms with E-state index in [0.717, 1.165) is 4.31 Å². The Labute approximate surface area is 120 Å². The highest BCUT2D eigenvalue weighted by Crippen LogP contribution is 2.24. The van der Waals surface area contributed by atoms with Crippen molar-refractivity contribution in [2.45, 2.75) is 18.2 Å². The first-order chi connectivity index (χ1) is 9.77. The van der Waals surface area contributed by atoms with Crippen molar-refractivity contribution in [3.8, 4) is 6.07 Å². The molecule has 0 spiro atoms. The molecule has 9 heteroatoms. The first-order valence-electron chi connectivity index (χ1n) is 5.85. The predicted octanol–water partition coefficient (Wildman–Crippen LogP) is 1.59. The van der Waals surface area contributed by atoms with E-state index in [9.17, 15) is 22.0 Å².